The lowest BCUT2D eigenvalue weighted by molar-refractivity contribution is 0.320. The van der Waals surface area contributed by atoms with Gasteiger partial charge in [0.15, 0.2) is 0 Å². The summed E-state index contributed by atoms with van der Waals surface area (Å²) < 4.78 is 1.97. The van der Waals surface area contributed by atoms with Crippen LogP contribution in [-0.4, -0.2) is 34.8 Å². The number of anilines is 1. The van der Waals surface area contributed by atoms with Crippen LogP contribution in [0.15, 0.2) is 0 Å². The van der Waals surface area contributed by atoms with Crippen molar-refractivity contribution in [1.82, 2.24) is 14.7 Å². The summed E-state index contributed by atoms with van der Waals surface area (Å²) in [5.74, 6) is 1.18. The van der Waals surface area contributed by atoms with Gasteiger partial charge in [-0.3, -0.25) is 4.68 Å². The second kappa shape index (κ2) is 7.41. The average molecular weight is 252 g/mol. The molecule has 0 aromatic carbocycles. The predicted octanol–water partition coefficient (Wildman–Crippen LogP) is 2.78. The van der Waals surface area contributed by atoms with Gasteiger partial charge in [0.1, 0.15) is 5.82 Å². The lowest BCUT2D eigenvalue weighted by atomic mass is 10.2. The van der Waals surface area contributed by atoms with E-state index in [-0.39, 0.29) is 0 Å². The lowest BCUT2D eigenvalue weighted by Crippen LogP contribution is -2.20. The summed E-state index contributed by atoms with van der Waals surface area (Å²) in [6.07, 6.45) is 3.64. The Labute approximate surface area is 111 Å². The summed E-state index contributed by atoms with van der Waals surface area (Å²) >= 11 is 0. The van der Waals surface area contributed by atoms with Crippen molar-refractivity contribution in [3.63, 3.8) is 0 Å². The van der Waals surface area contributed by atoms with Gasteiger partial charge in [-0.2, -0.15) is 5.10 Å². The Bertz CT molecular complexity index is 357. The zero-order valence-corrected chi connectivity index (χ0v) is 12.6. The molecule has 0 radical (unpaired) electrons. The van der Waals surface area contributed by atoms with Crippen LogP contribution >= 0.6 is 0 Å². The van der Waals surface area contributed by atoms with E-state index < -0.39 is 0 Å². The highest BCUT2D eigenvalue weighted by atomic mass is 15.3. The second-order valence-corrected chi connectivity index (χ2v) is 5.05. The maximum absolute atomic E-state index is 4.52. The molecule has 1 aromatic heterocycles. The molecule has 0 aliphatic carbocycles. The fraction of sp³-hybridized carbons (Fsp3) is 0.786. The van der Waals surface area contributed by atoms with Crippen molar-refractivity contribution in [1.29, 1.82) is 0 Å². The first-order valence-corrected chi connectivity index (χ1v) is 7.05. The number of rotatable bonds is 8. The van der Waals surface area contributed by atoms with Crippen molar-refractivity contribution in [3.05, 3.63) is 11.3 Å². The number of unbranched alkanes of at least 4 members (excludes halogenated alkanes) is 1. The highest BCUT2D eigenvalue weighted by molar-refractivity contribution is 5.47. The number of aryl methyl sites for hydroxylation is 2. The molecule has 18 heavy (non-hydrogen) atoms. The summed E-state index contributed by atoms with van der Waals surface area (Å²) in [5, 5.41) is 8.01. The minimum Gasteiger partial charge on any atom is -0.370 e. The fourth-order valence-corrected chi connectivity index (χ4v) is 2.13. The molecule has 0 saturated carbocycles. The molecule has 1 heterocycles. The Morgan fingerprint density at radius 1 is 1.28 bits per heavy atom. The molecule has 1 N–H and O–H groups in total. The van der Waals surface area contributed by atoms with Crippen molar-refractivity contribution >= 4 is 5.82 Å². The highest BCUT2D eigenvalue weighted by Gasteiger charge is 2.14. The van der Waals surface area contributed by atoms with E-state index in [1.807, 2.05) is 11.7 Å². The Morgan fingerprint density at radius 3 is 2.61 bits per heavy atom. The molecule has 4 nitrogen and oxygen atoms in total. The molecule has 0 bridgehead atoms. The first-order chi connectivity index (χ1) is 8.60. The van der Waals surface area contributed by atoms with E-state index in [2.05, 4.69) is 43.1 Å². The van der Waals surface area contributed by atoms with Crippen LogP contribution in [0.3, 0.4) is 0 Å². The first-order valence-electron chi connectivity index (χ1n) is 7.05. The zero-order valence-electron chi connectivity index (χ0n) is 12.6. The second-order valence-electron chi connectivity index (χ2n) is 5.05. The van der Waals surface area contributed by atoms with Crippen LogP contribution in [0.25, 0.3) is 0 Å². The van der Waals surface area contributed by atoms with Crippen molar-refractivity contribution in [2.75, 3.05) is 25.5 Å². The molecule has 104 valence electrons. The number of aromatic nitrogens is 2. The maximum Gasteiger partial charge on any atom is 0.128 e. The van der Waals surface area contributed by atoms with Gasteiger partial charge < -0.3 is 10.2 Å². The van der Waals surface area contributed by atoms with Gasteiger partial charge in [0.05, 0.1) is 5.69 Å². The molecule has 0 fully saturated rings. The molecule has 4 heteroatoms. The third-order valence-electron chi connectivity index (χ3n) is 3.21. The van der Waals surface area contributed by atoms with E-state index in [1.54, 1.807) is 0 Å². The summed E-state index contributed by atoms with van der Waals surface area (Å²) in [7, 11) is 4.20. The minimum absolute atomic E-state index is 0.978. The van der Waals surface area contributed by atoms with Crippen LogP contribution in [0, 0.1) is 6.92 Å². The Kier molecular flexibility index (Phi) is 6.19. The van der Waals surface area contributed by atoms with Gasteiger partial charge in [-0.25, -0.2) is 0 Å². The van der Waals surface area contributed by atoms with Crippen LogP contribution in [0.4, 0.5) is 5.82 Å². The van der Waals surface area contributed by atoms with Crippen LogP contribution in [0.5, 0.6) is 0 Å². The van der Waals surface area contributed by atoms with E-state index >= 15 is 0 Å². The highest BCUT2D eigenvalue weighted by Crippen LogP contribution is 2.20. The SMILES string of the molecule is CCCCN(C)Cc1c(C)nn(C)c1NCCC. The van der Waals surface area contributed by atoms with Crippen molar-refractivity contribution < 1.29 is 0 Å². The number of nitrogens with one attached hydrogen (secondary N) is 1. The molecule has 0 aliphatic heterocycles. The maximum atomic E-state index is 4.52. The van der Waals surface area contributed by atoms with Crippen molar-refractivity contribution in [3.8, 4) is 0 Å². The molecule has 0 spiro atoms. The molecular weight excluding hydrogens is 224 g/mol. The van der Waals surface area contributed by atoms with Crippen LogP contribution in [0.1, 0.15) is 44.4 Å². The third-order valence-corrected chi connectivity index (χ3v) is 3.21. The topological polar surface area (TPSA) is 33.1 Å². The van der Waals surface area contributed by atoms with Gasteiger partial charge >= 0.3 is 0 Å². The largest absolute Gasteiger partial charge is 0.370 e. The molecule has 1 rings (SSSR count). The molecule has 0 amide bonds. The smallest absolute Gasteiger partial charge is 0.128 e. The van der Waals surface area contributed by atoms with E-state index in [9.17, 15) is 0 Å². The Morgan fingerprint density at radius 2 is 2.00 bits per heavy atom. The number of hydrogen-bond acceptors (Lipinski definition) is 3. The zero-order chi connectivity index (χ0) is 13.5. The molecule has 0 atom stereocenters. The minimum atomic E-state index is 0.978. The molecule has 1 aromatic rings. The Hall–Kier alpha value is -1.03. The van der Waals surface area contributed by atoms with Gasteiger partial charge in [-0.05, 0) is 33.4 Å². The summed E-state index contributed by atoms with van der Waals surface area (Å²) in [4.78, 5) is 2.38. The molecular formula is C14H28N4. The molecule has 0 saturated heterocycles. The quantitative estimate of drug-likeness (QED) is 0.772. The van der Waals surface area contributed by atoms with Crippen molar-refractivity contribution in [2.24, 2.45) is 7.05 Å². The van der Waals surface area contributed by atoms with Crippen LogP contribution < -0.4 is 5.32 Å². The predicted molar refractivity (Wildman–Crippen MR) is 78.0 cm³/mol. The monoisotopic (exact) mass is 252 g/mol. The van der Waals surface area contributed by atoms with E-state index in [0.717, 1.165) is 31.7 Å². The molecule has 0 unspecified atom stereocenters. The van der Waals surface area contributed by atoms with E-state index in [0.29, 0.717) is 0 Å². The first kappa shape index (κ1) is 15.0. The van der Waals surface area contributed by atoms with Gasteiger partial charge in [0.25, 0.3) is 0 Å². The number of hydrogen-bond donors (Lipinski definition) is 1. The van der Waals surface area contributed by atoms with E-state index in [4.69, 9.17) is 0 Å². The normalized spacial score (nSPS) is 11.2. The van der Waals surface area contributed by atoms with Crippen LogP contribution in [0.2, 0.25) is 0 Å². The average Bonchev–Trinajstić information content (AvgIpc) is 2.59. The lowest BCUT2D eigenvalue weighted by Gasteiger charge is -2.17. The van der Waals surface area contributed by atoms with Crippen molar-refractivity contribution in [2.45, 2.75) is 46.6 Å². The summed E-state index contributed by atoms with van der Waals surface area (Å²) in [6.45, 7) is 9.65. The summed E-state index contributed by atoms with van der Waals surface area (Å²) in [6, 6.07) is 0. The number of nitrogens with zero attached hydrogens (tertiary/aromatic N) is 3. The Balaban J connectivity index is 2.73. The van der Waals surface area contributed by atoms with E-state index in [1.165, 1.54) is 24.2 Å². The third kappa shape index (κ3) is 4.02. The van der Waals surface area contributed by atoms with Gasteiger partial charge in [-0.15, -0.1) is 0 Å². The standard InChI is InChI=1S/C14H28N4/c1-6-8-10-17(4)11-13-12(3)16-18(5)14(13)15-9-7-2/h15H,6-11H2,1-5H3. The summed E-state index contributed by atoms with van der Waals surface area (Å²) in [5.41, 5.74) is 2.48. The molecule has 0 aliphatic rings. The van der Waals surface area contributed by atoms with Gasteiger partial charge in [0.2, 0.25) is 0 Å². The van der Waals surface area contributed by atoms with Gasteiger partial charge in [-0.1, -0.05) is 20.3 Å². The van der Waals surface area contributed by atoms with Gasteiger partial charge in [0, 0.05) is 25.7 Å². The van der Waals surface area contributed by atoms with Crippen LogP contribution in [-0.2, 0) is 13.6 Å². The fourth-order valence-electron chi connectivity index (χ4n) is 2.13.